The molecule has 0 aliphatic rings. The summed E-state index contributed by atoms with van der Waals surface area (Å²) in [5, 5.41) is 13.8. The van der Waals surface area contributed by atoms with E-state index in [9.17, 15) is 14.4 Å². The summed E-state index contributed by atoms with van der Waals surface area (Å²) in [6, 6.07) is -0.859. The van der Waals surface area contributed by atoms with E-state index in [1.165, 1.54) is 18.7 Å². The van der Waals surface area contributed by atoms with Crippen molar-refractivity contribution in [3.63, 3.8) is 0 Å². The van der Waals surface area contributed by atoms with Gasteiger partial charge in [0.05, 0.1) is 5.25 Å². The van der Waals surface area contributed by atoms with E-state index < -0.39 is 17.9 Å². The molecule has 0 rings (SSSR count). The number of aliphatic carboxylic acids is 1. The summed E-state index contributed by atoms with van der Waals surface area (Å²) in [6.45, 7) is 6.98. The van der Waals surface area contributed by atoms with Gasteiger partial charge < -0.3 is 15.7 Å². The second-order valence-corrected chi connectivity index (χ2v) is 6.14. The predicted octanol–water partition coefficient (Wildman–Crippen LogP) is 1.00. The molecule has 2 unspecified atom stereocenters. The summed E-state index contributed by atoms with van der Waals surface area (Å²) in [5.74, 6) is -1.44. The Hall–Kier alpha value is -1.24. The Kier molecular flexibility index (Phi) is 9.03. The van der Waals surface area contributed by atoms with Gasteiger partial charge in [-0.25, -0.2) is 4.79 Å². The Morgan fingerprint density at radius 2 is 1.80 bits per heavy atom. The predicted molar refractivity (Wildman–Crippen MR) is 79.7 cm³/mol. The Morgan fingerprint density at radius 1 is 1.20 bits per heavy atom. The van der Waals surface area contributed by atoms with Crippen molar-refractivity contribution in [2.45, 2.75) is 57.9 Å². The molecule has 0 aromatic heterocycles. The number of carbonyl (C=O) groups excluding carboxylic acids is 2. The second kappa shape index (κ2) is 9.63. The molecule has 2 amide bonds. The van der Waals surface area contributed by atoms with Gasteiger partial charge >= 0.3 is 5.97 Å². The van der Waals surface area contributed by atoms with Crippen molar-refractivity contribution in [2.75, 3.05) is 5.75 Å². The smallest absolute Gasteiger partial charge is 0.327 e. The fourth-order valence-electron chi connectivity index (χ4n) is 1.60. The SMILES string of the molecule is CCCC(C)NC(=O)C(C)SC[C@H](NC(C)=O)C(=O)O. The zero-order chi connectivity index (χ0) is 15.7. The van der Waals surface area contributed by atoms with E-state index in [2.05, 4.69) is 10.6 Å². The van der Waals surface area contributed by atoms with E-state index in [1.54, 1.807) is 6.92 Å². The van der Waals surface area contributed by atoms with Gasteiger partial charge in [0.15, 0.2) is 0 Å². The molecule has 0 aromatic carbocycles. The van der Waals surface area contributed by atoms with Crippen molar-refractivity contribution < 1.29 is 19.5 Å². The number of carboxylic acids is 1. The lowest BCUT2D eigenvalue weighted by Gasteiger charge is -2.18. The third-order valence-electron chi connectivity index (χ3n) is 2.67. The second-order valence-electron chi connectivity index (χ2n) is 4.77. The number of amides is 2. The molecule has 6 nitrogen and oxygen atoms in total. The van der Waals surface area contributed by atoms with Gasteiger partial charge in [-0.1, -0.05) is 13.3 Å². The number of rotatable bonds is 9. The molecule has 0 bridgehead atoms. The first-order valence-corrected chi connectivity index (χ1v) is 7.74. The number of hydrogen-bond donors (Lipinski definition) is 3. The maximum absolute atomic E-state index is 11.9. The molecule has 3 atom stereocenters. The molecule has 0 aromatic rings. The minimum Gasteiger partial charge on any atom is -0.480 e. The Labute approximate surface area is 124 Å². The zero-order valence-electron chi connectivity index (χ0n) is 12.4. The van der Waals surface area contributed by atoms with Crippen LogP contribution in [0.1, 0.15) is 40.5 Å². The Bertz CT molecular complexity index is 349. The van der Waals surface area contributed by atoms with Gasteiger partial charge in [0.1, 0.15) is 6.04 Å². The average Bonchev–Trinajstić information content (AvgIpc) is 2.33. The van der Waals surface area contributed by atoms with E-state index in [0.717, 1.165) is 12.8 Å². The van der Waals surface area contributed by atoms with Crippen LogP contribution in [0.5, 0.6) is 0 Å². The highest BCUT2D eigenvalue weighted by molar-refractivity contribution is 8.00. The van der Waals surface area contributed by atoms with Crippen LogP contribution in [-0.2, 0) is 14.4 Å². The molecule has 0 heterocycles. The van der Waals surface area contributed by atoms with Gasteiger partial charge in [-0.2, -0.15) is 0 Å². The van der Waals surface area contributed by atoms with Crippen molar-refractivity contribution in [1.29, 1.82) is 0 Å². The lowest BCUT2D eigenvalue weighted by Crippen LogP contribution is -2.43. The highest BCUT2D eigenvalue weighted by Crippen LogP contribution is 2.13. The van der Waals surface area contributed by atoms with Gasteiger partial charge in [-0.3, -0.25) is 9.59 Å². The van der Waals surface area contributed by atoms with Crippen LogP contribution in [0.3, 0.4) is 0 Å². The van der Waals surface area contributed by atoms with Crippen molar-refractivity contribution in [1.82, 2.24) is 10.6 Å². The van der Waals surface area contributed by atoms with Gasteiger partial charge in [0.2, 0.25) is 11.8 Å². The van der Waals surface area contributed by atoms with Crippen LogP contribution in [0.2, 0.25) is 0 Å². The molecule has 0 saturated heterocycles. The third-order valence-corrected chi connectivity index (χ3v) is 3.91. The highest BCUT2D eigenvalue weighted by Gasteiger charge is 2.22. The molecule has 20 heavy (non-hydrogen) atoms. The first kappa shape index (κ1) is 18.8. The molecule has 0 saturated carbocycles. The number of nitrogens with one attached hydrogen (secondary N) is 2. The summed E-state index contributed by atoms with van der Waals surface area (Å²) in [4.78, 5) is 33.7. The molecule has 0 aliphatic carbocycles. The van der Waals surface area contributed by atoms with E-state index in [0.29, 0.717) is 0 Å². The van der Waals surface area contributed by atoms with Crippen LogP contribution in [-0.4, -0.2) is 46.0 Å². The zero-order valence-corrected chi connectivity index (χ0v) is 13.3. The molecule has 116 valence electrons. The van der Waals surface area contributed by atoms with E-state index in [1.807, 2.05) is 13.8 Å². The number of carbonyl (C=O) groups is 3. The first-order valence-electron chi connectivity index (χ1n) is 6.69. The molecule has 0 radical (unpaired) electrons. The first-order chi connectivity index (χ1) is 9.27. The fraction of sp³-hybridized carbons (Fsp3) is 0.769. The van der Waals surface area contributed by atoms with Crippen molar-refractivity contribution in [3.8, 4) is 0 Å². The topological polar surface area (TPSA) is 95.5 Å². The molecular formula is C13H24N2O4S. The normalized spacial score (nSPS) is 15.0. The Morgan fingerprint density at radius 3 is 2.25 bits per heavy atom. The summed E-state index contributed by atoms with van der Waals surface area (Å²) >= 11 is 1.22. The monoisotopic (exact) mass is 304 g/mol. The maximum atomic E-state index is 11.9. The average molecular weight is 304 g/mol. The quantitative estimate of drug-likeness (QED) is 0.591. The minimum atomic E-state index is -1.10. The van der Waals surface area contributed by atoms with Gasteiger partial charge in [0.25, 0.3) is 0 Å². The van der Waals surface area contributed by atoms with Crippen LogP contribution in [0.15, 0.2) is 0 Å². The molecular weight excluding hydrogens is 280 g/mol. The van der Waals surface area contributed by atoms with Gasteiger partial charge in [-0.05, 0) is 20.3 Å². The number of carboxylic acid groups (broad SMARTS) is 1. The van der Waals surface area contributed by atoms with Crippen LogP contribution in [0.25, 0.3) is 0 Å². The highest BCUT2D eigenvalue weighted by atomic mass is 32.2. The lowest BCUT2D eigenvalue weighted by molar-refractivity contribution is -0.140. The fourth-order valence-corrected chi connectivity index (χ4v) is 2.53. The Balaban J connectivity index is 4.23. The maximum Gasteiger partial charge on any atom is 0.327 e. The molecule has 0 fully saturated rings. The third kappa shape index (κ3) is 8.04. The van der Waals surface area contributed by atoms with Gasteiger partial charge in [-0.15, -0.1) is 11.8 Å². The summed E-state index contributed by atoms with van der Waals surface area (Å²) < 4.78 is 0. The van der Waals surface area contributed by atoms with Crippen LogP contribution in [0, 0.1) is 0 Å². The van der Waals surface area contributed by atoms with E-state index >= 15 is 0 Å². The summed E-state index contributed by atoms with van der Waals surface area (Å²) in [7, 11) is 0. The van der Waals surface area contributed by atoms with Crippen molar-refractivity contribution >= 4 is 29.5 Å². The largest absolute Gasteiger partial charge is 0.480 e. The van der Waals surface area contributed by atoms with Crippen LogP contribution < -0.4 is 10.6 Å². The molecule has 0 aliphatic heterocycles. The number of hydrogen-bond acceptors (Lipinski definition) is 4. The summed E-state index contributed by atoms with van der Waals surface area (Å²) in [6.07, 6.45) is 1.90. The van der Waals surface area contributed by atoms with Crippen LogP contribution in [0.4, 0.5) is 0 Å². The van der Waals surface area contributed by atoms with E-state index in [-0.39, 0.29) is 23.0 Å². The molecule has 3 N–H and O–H groups in total. The number of thioether (sulfide) groups is 1. The van der Waals surface area contributed by atoms with Gasteiger partial charge in [0, 0.05) is 18.7 Å². The standard InChI is InChI=1S/C13H24N2O4S/c1-5-6-8(2)14-12(17)9(3)20-7-11(13(18)19)15-10(4)16/h8-9,11H,5-7H2,1-4H3,(H,14,17)(H,15,16)(H,18,19)/t8?,9?,11-/m0/s1. The minimum absolute atomic E-state index is 0.108. The van der Waals surface area contributed by atoms with Crippen molar-refractivity contribution in [2.24, 2.45) is 0 Å². The summed E-state index contributed by atoms with van der Waals surface area (Å²) in [5.41, 5.74) is 0. The molecule has 7 heteroatoms. The van der Waals surface area contributed by atoms with Crippen molar-refractivity contribution in [3.05, 3.63) is 0 Å². The van der Waals surface area contributed by atoms with E-state index in [4.69, 9.17) is 5.11 Å². The molecule has 0 spiro atoms. The van der Waals surface area contributed by atoms with Crippen LogP contribution >= 0.6 is 11.8 Å². The lowest BCUT2D eigenvalue weighted by atomic mass is 10.2.